The van der Waals surface area contributed by atoms with E-state index in [2.05, 4.69) is 0 Å². The summed E-state index contributed by atoms with van der Waals surface area (Å²) in [5.74, 6) is -1.67. The van der Waals surface area contributed by atoms with Gasteiger partial charge < -0.3 is 25.0 Å². The number of hydrogen-bond donors (Lipinski definition) is 3. The van der Waals surface area contributed by atoms with Crippen molar-refractivity contribution in [2.24, 2.45) is 5.92 Å². The number of likely N-dealkylation sites (N-methyl/N-ethyl adjacent to an activating group) is 1. The minimum Gasteiger partial charge on any atom is -0.547 e. The van der Waals surface area contributed by atoms with Crippen LogP contribution in [-0.2, 0) is 4.79 Å². The summed E-state index contributed by atoms with van der Waals surface area (Å²) in [6, 6.07) is 0. The molecular formula is C9H21NO4. The highest BCUT2D eigenvalue weighted by Gasteiger charge is 2.08. The maximum absolute atomic E-state index is 9.78. The van der Waals surface area contributed by atoms with Crippen molar-refractivity contribution in [3.8, 4) is 0 Å². The SMILES string of the molecule is CC(C)C(O)C(=O)[O-].C[NH+](C)CCO. The lowest BCUT2D eigenvalue weighted by Crippen LogP contribution is -3.06. The Balaban J connectivity index is 0. The first-order valence-electron chi connectivity index (χ1n) is 4.61. The smallest absolute Gasteiger partial charge is 0.100 e. The van der Waals surface area contributed by atoms with E-state index in [-0.39, 0.29) is 5.92 Å². The molecule has 14 heavy (non-hydrogen) atoms. The van der Waals surface area contributed by atoms with E-state index in [1.54, 1.807) is 13.8 Å². The van der Waals surface area contributed by atoms with Gasteiger partial charge in [0.25, 0.3) is 0 Å². The summed E-state index contributed by atoms with van der Waals surface area (Å²) >= 11 is 0. The van der Waals surface area contributed by atoms with Crippen LogP contribution in [0.3, 0.4) is 0 Å². The molecule has 0 spiro atoms. The molecule has 0 fully saturated rings. The summed E-state index contributed by atoms with van der Waals surface area (Å²) in [6.07, 6.45) is -1.32. The van der Waals surface area contributed by atoms with Gasteiger partial charge in [-0.25, -0.2) is 0 Å². The number of rotatable bonds is 4. The van der Waals surface area contributed by atoms with E-state index in [1.165, 1.54) is 4.90 Å². The molecule has 86 valence electrons. The predicted molar refractivity (Wildman–Crippen MR) is 50.6 cm³/mol. The normalized spacial score (nSPS) is 12.3. The molecule has 0 aliphatic carbocycles. The molecule has 0 aromatic rings. The molecule has 0 aromatic carbocycles. The summed E-state index contributed by atoms with van der Waals surface area (Å²) < 4.78 is 0. The van der Waals surface area contributed by atoms with Crippen molar-refractivity contribution in [3.63, 3.8) is 0 Å². The standard InChI is InChI=1S/C5H10O3.C4H11NO/c1-3(2)4(6)5(7)8;1-5(2)3-4-6/h3-4,6H,1-2H3,(H,7,8);6H,3-4H2,1-2H3. The molecule has 0 rings (SSSR count). The molecule has 5 nitrogen and oxygen atoms in total. The number of hydrogen-bond acceptors (Lipinski definition) is 4. The molecule has 0 aliphatic heterocycles. The average Bonchev–Trinajstić information content (AvgIpc) is 2.03. The minimum absolute atomic E-state index is 0.264. The van der Waals surface area contributed by atoms with E-state index >= 15 is 0 Å². The van der Waals surface area contributed by atoms with E-state index in [9.17, 15) is 9.90 Å². The van der Waals surface area contributed by atoms with Gasteiger partial charge >= 0.3 is 0 Å². The van der Waals surface area contributed by atoms with Gasteiger partial charge in [0.2, 0.25) is 0 Å². The first-order valence-corrected chi connectivity index (χ1v) is 4.61. The maximum Gasteiger partial charge on any atom is 0.100 e. The number of aliphatic hydroxyl groups excluding tert-OH is 2. The third kappa shape index (κ3) is 11.4. The maximum atomic E-state index is 9.78. The molecular weight excluding hydrogens is 186 g/mol. The zero-order valence-electron chi connectivity index (χ0n) is 9.28. The van der Waals surface area contributed by atoms with Crippen LogP contribution in [0.5, 0.6) is 0 Å². The molecule has 0 radical (unpaired) electrons. The van der Waals surface area contributed by atoms with Crippen molar-refractivity contribution in [2.75, 3.05) is 27.2 Å². The number of quaternary nitrogens is 1. The molecule has 0 amide bonds. The Kier molecular flexibility index (Phi) is 10.1. The quantitative estimate of drug-likeness (QED) is 0.455. The minimum atomic E-state index is -1.40. The second-order valence-electron chi connectivity index (χ2n) is 3.69. The summed E-state index contributed by atoms with van der Waals surface area (Å²) in [6.45, 7) is 4.36. The Morgan fingerprint density at radius 3 is 1.86 bits per heavy atom. The fourth-order valence-corrected chi connectivity index (χ4v) is 0.496. The van der Waals surface area contributed by atoms with Crippen LogP contribution >= 0.6 is 0 Å². The van der Waals surface area contributed by atoms with Gasteiger partial charge in [0.1, 0.15) is 6.54 Å². The zero-order chi connectivity index (χ0) is 11.7. The molecule has 3 N–H and O–H groups in total. The molecule has 0 heterocycles. The number of carboxylic acid groups (broad SMARTS) is 1. The van der Waals surface area contributed by atoms with Gasteiger partial charge in [-0.05, 0) is 5.92 Å². The van der Waals surface area contributed by atoms with Gasteiger partial charge in [-0.2, -0.15) is 0 Å². The Morgan fingerprint density at radius 1 is 1.43 bits per heavy atom. The van der Waals surface area contributed by atoms with Gasteiger partial charge in [0.05, 0.1) is 32.8 Å². The van der Waals surface area contributed by atoms with Crippen molar-refractivity contribution >= 4 is 5.97 Å². The molecule has 0 aliphatic rings. The lowest BCUT2D eigenvalue weighted by molar-refractivity contribution is -0.858. The summed E-state index contributed by atoms with van der Waals surface area (Å²) in [4.78, 5) is 11.1. The van der Waals surface area contributed by atoms with E-state index < -0.39 is 12.1 Å². The van der Waals surface area contributed by atoms with E-state index in [4.69, 9.17) is 10.2 Å². The van der Waals surface area contributed by atoms with Crippen LogP contribution in [0.2, 0.25) is 0 Å². The van der Waals surface area contributed by atoms with Crippen LogP contribution in [0, 0.1) is 5.92 Å². The van der Waals surface area contributed by atoms with Crippen molar-refractivity contribution in [2.45, 2.75) is 20.0 Å². The number of nitrogens with one attached hydrogen (secondary N) is 1. The highest BCUT2D eigenvalue weighted by atomic mass is 16.4. The number of carbonyl (C=O) groups is 1. The van der Waals surface area contributed by atoms with Crippen LogP contribution < -0.4 is 10.0 Å². The van der Waals surface area contributed by atoms with Crippen LogP contribution in [0.25, 0.3) is 0 Å². The van der Waals surface area contributed by atoms with Crippen molar-refractivity contribution in [1.82, 2.24) is 0 Å². The van der Waals surface area contributed by atoms with Crippen LogP contribution in [-0.4, -0.2) is 49.5 Å². The Bertz CT molecular complexity index is 148. The van der Waals surface area contributed by atoms with Gasteiger partial charge in [0, 0.05) is 0 Å². The topological polar surface area (TPSA) is 85.0 Å². The molecule has 1 unspecified atom stereocenters. The fourth-order valence-electron chi connectivity index (χ4n) is 0.496. The second kappa shape index (κ2) is 8.93. The Morgan fingerprint density at radius 2 is 1.86 bits per heavy atom. The van der Waals surface area contributed by atoms with Gasteiger partial charge in [-0.3, -0.25) is 0 Å². The number of aliphatic carboxylic acids is 1. The van der Waals surface area contributed by atoms with Crippen molar-refractivity contribution in [1.29, 1.82) is 0 Å². The largest absolute Gasteiger partial charge is 0.547 e. The summed E-state index contributed by atoms with van der Waals surface area (Å²) in [5, 5.41) is 26.5. The summed E-state index contributed by atoms with van der Waals surface area (Å²) in [7, 11) is 4.02. The van der Waals surface area contributed by atoms with Gasteiger partial charge in [-0.1, -0.05) is 13.8 Å². The molecule has 0 saturated carbocycles. The Labute approximate surface area is 85.0 Å². The molecule has 0 aromatic heterocycles. The zero-order valence-corrected chi connectivity index (χ0v) is 9.28. The van der Waals surface area contributed by atoms with Crippen LogP contribution in [0.15, 0.2) is 0 Å². The molecule has 0 bridgehead atoms. The molecule has 5 heteroatoms. The monoisotopic (exact) mass is 207 g/mol. The van der Waals surface area contributed by atoms with Crippen LogP contribution in [0.4, 0.5) is 0 Å². The Hall–Kier alpha value is -0.650. The third-order valence-corrected chi connectivity index (χ3v) is 1.48. The second-order valence-corrected chi connectivity index (χ2v) is 3.69. The molecule has 1 atom stereocenters. The first kappa shape index (κ1) is 15.8. The van der Waals surface area contributed by atoms with E-state index in [1.807, 2.05) is 14.1 Å². The third-order valence-electron chi connectivity index (χ3n) is 1.48. The first-order chi connectivity index (χ1) is 6.32. The summed E-state index contributed by atoms with van der Waals surface area (Å²) in [5.41, 5.74) is 0. The lowest BCUT2D eigenvalue weighted by atomic mass is 10.1. The highest BCUT2D eigenvalue weighted by Crippen LogP contribution is 1.97. The highest BCUT2D eigenvalue weighted by molar-refractivity contribution is 5.69. The number of carboxylic acids is 1. The predicted octanol–water partition coefficient (Wildman–Crippen LogP) is -3.12. The lowest BCUT2D eigenvalue weighted by Gasteiger charge is -2.13. The van der Waals surface area contributed by atoms with Gasteiger partial charge in [0.15, 0.2) is 0 Å². The van der Waals surface area contributed by atoms with E-state index in [0.29, 0.717) is 6.61 Å². The fraction of sp³-hybridized carbons (Fsp3) is 0.889. The van der Waals surface area contributed by atoms with E-state index in [0.717, 1.165) is 6.54 Å². The van der Waals surface area contributed by atoms with Crippen molar-refractivity contribution < 1.29 is 25.0 Å². The molecule has 0 saturated heterocycles. The number of carbonyl (C=O) groups excluding carboxylic acids is 1. The average molecular weight is 207 g/mol. The number of aliphatic hydroxyl groups is 2. The van der Waals surface area contributed by atoms with Gasteiger partial charge in [-0.15, -0.1) is 0 Å². The van der Waals surface area contributed by atoms with Crippen molar-refractivity contribution in [3.05, 3.63) is 0 Å². The van der Waals surface area contributed by atoms with Crippen LogP contribution in [0.1, 0.15) is 13.8 Å².